The fraction of sp³-hybridized carbons (Fsp3) is 0.474. The predicted molar refractivity (Wildman–Crippen MR) is 98.2 cm³/mol. The van der Waals surface area contributed by atoms with E-state index in [0.29, 0.717) is 6.04 Å². The fourth-order valence-corrected chi connectivity index (χ4v) is 3.24. The van der Waals surface area contributed by atoms with Crippen molar-refractivity contribution in [2.75, 3.05) is 25.0 Å². The van der Waals surface area contributed by atoms with Crippen LogP contribution in [0.3, 0.4) is 0 Å². The highest BCUT2D eigenvalue weighted by Crippen LogP contribution is 2.29. The van der Waals surface area contributed by atoms with Crippen LogP contribution in [0.4, 0.5) is 10.6 Å². The average molecular weight is 342 g/mol. The SMILES string of the molecule is CC(C)Oc1cccnc1N(C)C1CCN(C(=O)n2cccc2)CC1. The Hall–Kier alpha value is -2.50. The van der Waals surface area contributed by atoms with Crippen molar-refractivity contribution in [3.05, 3.63) is 42.9 Å². The average Bonchev–Trinajstić information content (AvgIpc) is 3.15. The Morgan fingerprint density at radius 3 is 2.56 bits per heavy atom. The number of nitrogens with zero attached hydrogens (tertiary/aromatic N) is 4. The van der Waals surface area contributed by atoms with Crippen molar-refractivity contribution >= 4 is 11.8 Å². The number of ether oxygens (including phenoxy) is 1. The largest absolute Gasteiger partial charge is 0.487 e. The molecule has 6 nitrogen and oxygen atoms in total. The van der Waals surface area contributed by atoms with E-state index in [1.165, 1.54) is 0 Å². The van der Waals surface area contributed by atoms with Crippen molar-refractivity contribution in [1.82, 2.24) is 14.5 Å². The number of hydrogen-bond donors (Lipinski definition) is 0. The van der Waals surface area contributed by atoms with Gasteiger partial charge in [0.25, 0.3) is 0 Å². The van der Waals surface area contributed by atoms with Crippen LogP contribution in [0.15, 0.2) is 42.9 Å². The molecule has 0 unspecified atom stereocenters. The molecule has 1 saturated heterocycles. The van der Waals surface area contributed by atoms with Crippen LogP contribution in [0, 0.1) is 0 Å². The summed E-state index contributed by atoms with van der Waals surface area (Å²) in [6, 6.07) is 7.99. The number of carbonyl (C=O) groups excluding carboxylic acids is 1. The molecular weight excluding hydrogens is 316 g/mol. The normalized spacial score (nSPS) is 15.4. The Balaban J connectivity index is 1.64. The molecule has 3 heterocycles. The van der Waals surface area contributed by atoms with Crippen LogP contribution in [0.2, 0.25) is 0 Å². The standard InChI is InChI=1S/C19H26N4O2/c1-15(2)25-17-7-6-10-20-18(17)21(3)16-8-13-23(14-9-16)19(24)22-11-4-5-12-22/h4-7,10-12,15-16H,8-9,13-14H2,1-3H3. The quantitative estimate of drug-likeness (QED) is 0.856. The van der Waals surface area contributed by atoms with Crippen molar-refractivity contribution in [2.45, 2.75) is 38.8 Å². The van der Waals surface area contributed by atoms with Gasteiger partial charge in [0, 0.05) is 44.8 Å². The van der Waals surface area contributed by atoms with E-state index in [9.17, 15) is 4.79 Å². The van der Waals surface area contributed by atoms with E-state index in [4.69, 9.17) is 4.74 Å². The first kappa shape index (κ1) is 17.3. The van der Waals surface area contributed by atoms with E-state index in [1.807, 2.05) is 43.0 Å². The van der Waals surface area contributed by atoms with Crippen LogP contribution in [0.5, 0.6) is 5.75 Å². The lowest BCUT2D eigenvalue weighted by Crippen LogP contribution is -2.47. The highest BCUT2D eigenvalue weighted by Gasteiger charge is 2.27. The van der Waals surface area contributed by atoms with Crippen LogP contribution in [-0.2, 0) is 0 Å². The molecule has 3 rings (SSSR count). The first-order chi connectivity index (χ1) is 12.1. The number of anilines is 1. The number of pyridine rings is 1. The van der Waals surface area contributed by atoms with Crippen LogP contribution in [0.1, 0.15) is 26.7 Å². The number of rotatable bonds is 4. The van der Waals surface area contributed by atoms with Crippen molar-refractivity contribution in [3.8, 4) is 5.75 Å². The van der Waals surface area contributed by atoms with Gasteiger partial charge in [-0.3, -0.25) is 4.57 Å². The van der Waals surface area contributed by atoms with Crippen LogP contribution >= 0.6 is 0 Å². The maximum absolute atomic E-state index is 12.4. The van der Waals surface area contributed by atoms with E-state index in [2.05, 4.69) is 16.9 Å². The highest BCUT2D eigenvalue weighted by atomic mass is 16.5. The number of carbonyl (C=O) groups is 1. The Morgan fingerprint density at radius 1 is 1.24 bits per heavy atom. The van der Waals surface area contributed by atoms with Gasteiger partial charge in [-0.15, -0.1) is 0 Å². The molecule has 0 aromatic carbocycles. The molecular formula is C19H26N4O2. The molecule has 134 valence electrons. The lowest BCUT2D eigenvalue weighted by Gasteiger charge is -2.37. The summed E-state index contributed by atoms with van der Waals surface area (Å²) in [5.74, 6) is 1.68. The number of piperidine rings is 1. The predicted octanol–water partition coefficient (Wildman–Crippen LogP) is 3.24. The molecule has 25 heavy (non-hydrogen) atoms. The Bertz CT molecular complexity index is 691. The Kier molecular flexibility index (Phi) is 5.26. The number of hydrogen-bond acceptors (Lipinski definition) is 4. The zero-order valence-corrected chi connectivity index (χ0v) is 15.1. The van der Waals surface area contributed by atoms with Crippen molar-refractivity contribution in [2.24, 2.45) is 0 Å². The van der Waals surface area contributed by atoms with Crippen LogP contribution in [0.25, 0.3) is 0 Å². The number of amides is 1. The molecule has 0 atom stereocenters. The molecule has 0 spiro atoms. The summed E-state index contributed by atoms with van der Waals surface area (Å²) in [5.41, 5.74) is 0. The van der Waals surface area contributed by atoms with Gasteiger partial charge in [-0.2, -0.15) is 0 Å². The molecule has 1 fully saturated rings. The van der Waals surface area contributed by atoms with Gasteiger partial charge in [-0.05, 0) is 51.0 Å². The van der Waals surface area contributed by atoms with E-state index >= 15 is 0 Å². The van der Waals surface area contributed by atoms with Gasteiger partial charge >= 0.3 is 6.03 Å². The molecule has 1 amide bonds. The topological polar surface area (TPSA) is 50.6 Å². The number of likely N-dealkylation sites (tertiary alicyclic amines) is 1. The Labute approximate surface area is 149 Å². The molecule has 2 aromatic rings. The van der Waals surface area contributed by atoms with Gasteiger partial charge in [0.15, 0.2) is 11.6 Å². The summed E-state index contributed by atoms with van der Waals surface area (Å²) in [6.07, 6.45) is 7.33. The first-order valence-corrected chi connectivity index (χ1v) is 8.83. The molecule has 0 N–H and O–H groups in total. The highest BCUT2D eigenvalue weighted by molar-refractivity contribution is 5.77. The molecule has 0 saturated carbocycles. The van der Waals surface area contributed by atoms with E-state index < -0.39 is 0 Å². The van der Waals surface area contributed by atoms with Crippen molar-refractivity contribution in [3.63, 3.8) is 0 Å². The maximum Gasteiger partial charge on any atom is 0.328 e. The first-order valence-electron chi connectivity index (χ1n) is 8.83. The summed E-state index contributed by atoms with van der Waals surface area (Å²) >= 11 is 0. The van der Waals surface area contributed by atoms with Crippen molar-refractivity contribution in [1.29, 1.82) is 0 Å². The zero-order chi connectivity index (χ0) is 17.8. The van der Waals surface area contributed by atoms with Crippen LogP contribution in [-0.4, -0.2) is 52.8 Å². The third-order valence-corrected chi connectivity index (χ3v) is 4.56. The Morgan fingerprint density at radius 2 is 1.92 bits per heavy atom. The molecule has 1 aliphatic rings. The van der Waals surface area contributed by atoms with E-state index in [1.54, 1.807) is 23.2 Å². The van der Waals surface area contributed by atoms with E-state index in [-0.39, 0.29) is 12.1 Å². The second-order valence-electron chi connectivity index (χ2n) is 6.69. The molecule has 1 aliphatic heterocycles. The molecule has 0 bridgehead atoms. The van der Waals surface area contributed by atoms with Gasteiger partial charge in [0.1, 0.15) is 0 Å². The smallest absolute Gasteiger partial charge is 0.328 e. The van der Waals surface area contributed by atoms with Crippen LogP contribution < -0.4 is 9.64 Å². The van der Waals surface area contributed by atoms with Crippen molar-refractivity contribution < 1.29 is 9.53 Å². The zero-order valence-electron chi connectivity index (χ0n) is 15.1. The minimum atomic E-state index is 0.0489. The minimum Gasteiger partial charge on any atom is -0.487 e. The fourth-order valence-electron chi connectivity index (χ4n) is 3.24. The number of aromatic nitrogens is 2. The lowest BCUT2D eigenvalue weighted by atomic mass is 10.0. The molecule has 0 radical (unpaired) electrons. The monoisotopic (exact) mass is 342 g/mol. The summed E-state index contributed by atoms with van der Waals surface area (Å²) in [4.78, 5) is 21.0. The van der Waals surface area contributed by atoms with Gasteiger partial charge in [-0.25, -0.2) is 9.78 Å². The summed E-state index contributed by atoms with van der Waals surface area (Å²) < 4.78 is 7.53. The van der Waals surface area contributed by atoms with Gasteiger partial charge in [0.05, 0.1) is 6.10 Å². The summed E-state index contributed by atoms with van der Waals surface area (Å²) in [6.45, 7) is 5.53. The summed E-state index contributed by atoms with van der Waals surface area (Å²) in [5, 5.41) is 0. The molecule has 0 aliphatic carbocycles. The van der Waals surface area contributed by atoms with Gasteiger partial charge in [-0.1, -0.05) is 0 Å². The third-order valence-electron chi connectivity index (χ3n) is 4.56. The lowest BCUT2D eigenvalue weighted by molar-refractivity contribution is 0.182. The van der Waals surface area contributed by atoms with E-state index in [0.717, 1.165) is 37.5 Å². The summed E-state index contributed by atoms with van der Waals surface area (Å²) in [7, 11) is 2.06. The second-order valence-corrected chi connectivity index (χ2v) is 6.69. The third kappa shape index (κ3) is 3.95. The maximum atomic E-state index is 12.4. The minimum absolute atomic E-state index is 0.0489. The molecule has 6 heteroatoms. The van der Waals surface area contributed by atoms with Gasteiger partial charge in [0.2, 0.25) is 0 Å². The van der Waals surface area contributed by atoms with Gasteiger partial charge < -0.3 is 14.5 Å². The molecule has 2 aromatic heterocycles. The second kappa shape index (κ2) is 7.59.